The number of hydrogen-bond donors (Lipinski definition) is 3. The molecule has 0 radical (unpaired) electrons. The third kappa shape index (κ3) is 5.41. The number of nitrogens with one attached hydrogen (secondary N) is 3. The van der Waals surface area contributed by atoms with Crippen LogP contribution in [0.1, 0.15) is 24.0 Å². The summed E-state index contributed by atoms with van der Waals surface area (Å²) in [7, 11) is 0. The molecule has 3 rings (SSSR count). The van der Waals surface area contributed by atoms with Crippen molar-refractivity contribution < 1.29 is 9.59 Å². The average Bonchev–Trinajstić information content (AvgIpc) is 3.49. The van der Waals surface area contributed by atoms with Crippen molar-refractivity contribution in [1.29, 1.82) is 0 Å². The summed E-state index contributed by atoms with van der Waals surface area (Å²) in [5, 5.41) is 9.26. The van der Waals surface area contributed by atoms with E-state index in [0.717, 1.165) is 29.7 Å². The zero-order chi connectivity index (χ0) is 20.1. The van der Waals surface area contributed by atoms with E-state index in [1.807, 2.05) is 43.3 Å². The molecule has 2 aromatic carbocycles. The molecule has 5 nitrogen and oxygen atoms in total. The Labute approximate surface area is 174 Å². The third-order valence-corrected chi connectivity index (χ3v) is 4.89. The SMILES string of the molecule is Cc1c(NC(=O)C2CC2)cccc1NC(=S)NC(=O)/C=C/c1ccccc1Cl. The maximum absolute atomic E-state index is 12.1. The standard InChI is InChI=1S/C21H20ClN3O2S/c1-13-17(23-20(27)15-9-10-15)7-4-8-18(13)24-21(28)25-19(26)12-11-14-5-2-3-6-16(14)22/h2-8,11-12,15H,9-10H2,1H3,(H,23,27)(H2,24,25,26,28)/b12-11+. The topological polar surface area (TPSA) is 70.2 Å². The second kappa shape index (κ2) is 8.99. The number of rotatable bonds is 5. The summed E-state index contributed by atoms with van der Waals surface area (Å²) in [5.41, 5.74) is 3.04. The summed E-state index contributed by atoms with van der Waals surface area (Å²) >= 11 is 11.3. The van der Waals surface area contributed by atoms with E-state index < -0.39 is 0 Å². The summed E-state index contributed by atoms with van der Waals surface area (Å²) in [6.07, 6.45) is 4.88. The quantitative estimate of drug-likeness (QED) is 0.497. The van der Waals surface area contributed by atoms with Gasteiger partial charge in [-0.3, -0.25) is 14.9 Å². The highest BCUT2D eigenvalue weighted by Crippen LogP contribution is 2.31. The van der Waals surface area contributed by atoms with Crippen molar-refractivity contribution in [1.82, 2.24) is 5.32 Å². The molecule has 0 bridgehead atoms. The minimum Gasteiger partial charge on any atom is -0.332 e. The highest BCUT2D eigenvalue weighted by molar-refractivity contribution is 7.80. The summed E-state index contributed by atoms with van der Waals surface area (Å²) < 4.78 is 0. The maximum atomic E-state index is 12.1. The van der Waals surface area contributed by atoms with Crippen molar-refractivity contribution in [2.45, 2.75) is 19.8 Å². The third-order valence-electron chi connectivity index (χ3n) is 4.34. The van der Waals surface area contributed by atoms with Crippen LogP contribution in [0.4, 0.5) is 11.4 Å². The molecule has 1 aliphatic rings. The van der Waals surface area contributed by atoms with Crippen LogP contribution in [0.25, 0.3) is 6.08 Å². The zero-order valence-electron chi connectivity index (χ0n) is 15.3. The maximum Gasteiger partial charge on any atom is 0.250 e. The Bertz CT molecular complexity index is 954. The van der Waals surface area contributed by atoms with Gasteiger partial charge in [0.2, 0.25) is 11.8 Å². The van der Waals surface area contributed by atoms with Crippen molar-refractivity contribution in [3.63, 3.8) is 0 Å². The molecule has 0 atom stereocenters. The van der Waals surface area contributed by atoms with Crippen LogP contribution in [0.2, 0.25) is 5.02 Å². The molecule has 0 spiro atoms. The molecular formula is C21H20ClN3O2S. The number of carbonyl (C=O) groups is 2. The van der Waals surface area contributed by atoms with Crippen molar-refractivity contribution in [3.05, 3.63) is 64.7 Å². The summed E-state index contributed by atoms with van der Waals surface area (Å²) in [4.78, 5) is 24.1. The Hall–Kier alpha value is -2.70. The molecule has 28 heavy (non-hydrogen) atoms. The van der Waals surface area contributed by atoms with Gasteiger partial charge in [0.25, 0.3) is 0 Å². The fourth-order valence-corrected chi connectivity index (χ4v) is 2.98. The Morgan fingerprint density at radius 1 is 1.07 bits per heavy atom. The van der Waals surface area contributed by atoms with E-state index in [2.05, 4.69) is 16.0 Å². The van der Waals surface area contributed by atoms with Gasteiger partial charge < -0.3 is 10.6 Å². The average molecular weight is 414 g/mol. The normalized spacial score (nSPS) is 13.2. The van der Waals surface area contributed by atoms with Crippen molar-refractivity contribution >= 4 is 58.2 Å². The van der Waals surface area contributed by atoms with E-state index in [0.29, 0.717) is 10.7 Å². The van der Waals surface area contributed by atoms with Crippen LogP contribution in [0.15, 0.2) is 48.5 Å². The number of amides is 2. The first-order chi connectivity index (χ1) is 13.4. The van der Waals surface area contributed by atoms with Gasteiger partial charge >= 0.3 is 0 Å². The number of carbonyl (C=O) groups excluding carboxylic acids is 2. The van der Waals surface area contributed by atoms with E-state index in [-0.39, 0.29) is 22.8 Å². The van der Waals surface area contributed by atoms with Crippen molar-refractivity contribution in [3.8, 4) is 0 Å². The lowest BCUT2D eigenvalue weighted by Gasteiger charge is -2.14. The van der Waals surface area contributed by atoms with Crippen LogP contribution in [0, 0.1) is 12.8 Å². The molecule has 2 amide bonds. The van der Waals surface area contributed by atoms with Crippen LogP contribution in [0.3, 0.4) is 0 Å². The minimum atomic E-state index is -0.367. The van der Waals surface area contributed by atoms with Crippen LogP contribution in [-0.4, -0.2) is 16.9 Å². The van der Waals surface area contributed by atoms with Crippen LogP contribution in [0.5, 0.6) is 0 Å². The lowest BCUT2D eigenvalue weighted by molar-refractivity contribution is -0.117. The predicted octanol–water partition coefficient (Wildman–Crippen LogP) is 4.52. The monoisotopic (exact) mass is 413 g/mol. The van der Waals surface area contributed by atoms with Gasteiger partial charge in [-0.2, -0.15) is 0 Å². The Kier molecular flexibility index (Phi) is 6.44. The lowest BCUT2D eigenvalue weighted by Crippen LogP contribution is -2.33. The summed E-state index contributed by atoms with van der Waals surface area (Å²) in [6, 6.07) is 12.7. The Morgan fingerprint density at radius 3 is 2.43 bits per heavy atom. The van der Waals surface area contributed by atoms with Gasteiger partial charge in [0.15, 0.2) is 5.11 Å². The number of halogens is 1. The Morgan fingerprint density at radius 2 is 1.75 bits per heavy atom. The van der Waals surface area contributed by atoms with Crippen molar-refractivity contribution in [2.75, 3.05) is 10.6 Å². The first kappa shape index (κ1) is 20.0. The summed E-state index contributed by atoms with van der Waals surface area (Å²) in [5.74, 6) is -0.199. The fraction of sp³-hybridized carbons (Fsp3) is 0.190. The molecule has 0 aromatic heterocycles. The molecule has 2 aromatic rings. The smallest absolute Gasteiger partial charge is 0.250 e. The number of hydrogen-bond acceptors (Lipinski definition) is 3. The van der Waals surface area contributed by atoms with E-state index in [9.17, 15) is 9.59 Å². The van der Waals surface area contributed by atoms with E-state index in [4.69, 9.17) is 23.8 Å². The molecule has 7 heteroatoms. The molecule has 1 fully saturated rings. The molecule has 0 unspecified atom stereocenters. The van der Waals surface area contributed by atoms with Gasteiger partial charge in [0, 0.05) is 28.4 Å². The van der Waals surface area contributed by atoms with Gasteiger partial charge in [-0.1, -0.05) is 35.9 Å². The van der Waals surface area contributed by atoms with E-state index in [1.165, 1.54) is 6.08 Å². The van der Waals surface area contributed by atoms with Crippen LogP contribution in [-0.2, 0) is 9.59 Å². The van der Waals surface area contributed by atoms with Gasteiger partial charge in [-0.15, -0.1) is 0 Å². The first-order valence-corrected chi connectivity index (χ1v) is 9.67. The zero-order valence-corrected chi connectivity index (χ0v) is 16.9. The van der Waals surface area contributed by atoms with Crippen molar-refractivity contribution in [2.24, 2.45) is 5.92 Å². The lowest BCUT2D eigenvalue weighted by atomic mass is 10.1. The molecule has 144 valence electrons. The molecule has 1 saturated carbocycles. The van der Waals surface area contributed by atoms with Gasteiger partial charge in [-0.05, 0) is 67.4 Å². The Balaban J connectivity index is 1.59. The summed E-state index contributed by atoms with van der Waals surface area (Å²) in [6.45, 7) is 1.88. The molecular weight excluding hydrogens is 394 g/mol. The van der Waals surface area contributed by atoms with Crippen LogP contribution >= 0.6 is 23.8 Å². The number of anilines is 2. The van der Waals surface area contributed by atoms with Crippen LogP contribution < -0.4 is 16.0 Å². The van der Waals surface area contributed by atoms with E-state index in [1.54, 1.807) is 12.1 Å². The largest absolute Gasteiger partial charge is 0.332 e. The molecule has 0 heterocycles. The predicted molar refractivity (Wildman–Crippen MR) is 117 cm³/mol. The van der Waals surface area contributed by atoms with E-state index >= 15 is 0 Å². The molecule has 3 N–H and O–H groups in total. The molecule has 0 aliphatic heterocycles. The second-order valence-electron chi connectivity index (χ2n) is 6.54. The fourth-order valence-electron chi connectivity index (χ4n) is 2.57. The van der Waals surface area contributed by atoms with Gasteiger partial charge in [0.1, 0.15) is 0 Å². The highest BCUT2D eigenvalue weighted by Gasteiger charge is 2.29. The highest BCUT2D eigenvalue weighted by atomic mass is 35.5. The number of thiocarbonyl (C=S) groups is 1. The molecule has 0 saturated heterocycles. The van der Waals surface area contributed by atoms with Gasteiger partial charge in [-0.25, -0.2) is 0 Å². The minimum absolute atomic E-state index is 0.0424. The molecule has 1 aliphatic carbocycles. The first-order valence-electron chi connectivity index (χ1n) is 8.89. The second-order valence-corrected chi connectivity index (χ2v) is 7.36. The van der Waals surface area contributed by atoms with Gasteiger partial charge in [0.05, 0.1) is 0 Å². The number of benzene rings is 2.